The average molecular weight is 862 g/mol. The first-order chi connectivity index (χ1) is 30.0. The monoisotopic (exact) mass is 861 g/mol. The number of hydrogen-bond acceptors (Lipinski definition) is 11. The van der Waals surface area contributed by atoms with Gasteiger partial charge in [0.25, 0.3) is 8.32 Å². The summed E-state index contributed by atoms with van der Waals surface area (Å²) in [7, 11) is -3.37. The molecule has 2 heterocycles. The van der Waals surface area contributed by atoms with Gasteiger partial charge in [-0.25, -0.2) is 0 Å². The van der Waals surface area contributed by atoms with E-state index in [1.807, 2.05) is 121 Å². The van der Waals surface area contributed by atoms with E-state index in [1.54, 1.807) is 6.92 Å². The van der Waals surface area contributed by atoms with E-state index in [2.05, 4.69) is 50.8 Å². The Morgan fingerprint density at radius 2 is 1.15 bits per heavy atom. The highest BCUT2D eigenvalue weighted by molar-refractivity contribution is 6.99. The number of ether oxygens (including phenoxy) is 6. The molecule has 2 aliphatic heterocycles. The lowest BCUT2D eigenvalue weighted by Crippen LogP contribution is -2.71. The molecule has 18 heteroatoms. The van der Waals surface area contributed by atoms with E-state index >= 15 is 0 Å². The molecule has 0 N–H and O–H groups in total. The first-order valence-electron chi connectivity index (χ1n) is 20.3. The summed E-state index contributed by atoms with van der Waals surface area (Å²) in [5, 5.41) is 13.8. The third kappa shape index (κ3) is 10.6. The predicted molar refractivity (Wildman–Crippen MR) is 232 cm³/mol. The Labute approximate surface area is 361 Å². The zero-order chi connectivity index (χ0) is 44.1. The van der Waals surface area contributed by atoms with Crippen LogP contribution in [0.4, 0.5) is 0 Å². The van der Waals surface area contributed by atoms with Crippen LogP contribution >= 0.6 is 0 Å². The van der Waals surface area contributed by atoms with Crippen LogP contribution in [0.2, 0.25) is 5.04 Å². The summed E-state index contributed by atoms with van der Waals surface area (Å²) in [5.41, 5.74) is 31.7. The lowest BCUT2D eigenvalue weighted by atomic mass is 9.94. The molecule has 0 spiro atoms. The zero-order valence-electron chi connectivity index (χ0n) is 35.2. The van der Waals surface area contributed by atoms with Crippen LogP contribution < -0.4 is 10.4 Å². The number of azide groups is 3. The maximum Gasteiger partial charge on any atom is 0.303 e. The molecule has 0 unspecified atom stereocenters. The second kappa shape index (κ2) is 21.4. The second-order valence-corrected chi connectivity index (χ2v) is 20.3. The van der Waals surface area contributed by atoms with Gasteiger partial charge in [0.05, 0.1) is 38.1 Å². The topological polar surface area (TPSA) is 228 Å². The van der Waals surface area contributed by atoms with Gasteiger partial charge >= 0.3 is 5.97 Å². The number of nitrogens with zero attached hydrogens (tertiary/aromatic N) is 9. The summed E-state index contributed by atoms with van der Waals surface area (Å²) in [5.74, 6) is -0.632. The molecule has 62 heavy (non-hydrogen) atoms. The summed E-state index contributed by atoms with van der Waals surface area (Å²) in [6.07, 6.45) is -8.14. The maximum absolute atomic E-state index is 12.7. The van der Waals surface area contributed by atoms with Crippen molar-refractivity contribution >= 4 is 24.7 Å². The summed E-state index contributed by atoms with van der Waals surface area (Å²) in [6.45, 7) is 9.39. The van der Waals surface area contributed by atoms with Crippen molar-refractivity contribution in [3.8, 4) is 0 Å². The standard InChI is InChI=1S/C44H51N9O8Si/c1-29-36(48-51-45)40(37(49-52-46)43(57-29)61-62(44(3,4)5,33-22-14-8-15-23-33)34-24-16-9-17-25-34)60-42-38(50-53-47)41(56-27-32-20-12-7-13-21-32)39(58-30(2)54)35(59-42)28-55-26-31-18-10-6-11-19-31/h6-25,29,35-43H,26-28H2,1-5H3/t29-,35-,36-,37-,38-,39+,40+,41-,42-,43+/m1/s1. The van der Waals surface area contributed by atoms with Gasteiger partial charge in [0.2, 0.25) is 0 Å². The molecule has 6 rings (SSSR count). The highest BCUT2D eigenvalue weighted by Gasteiger charge is 2.57. The zero-order valence-corrected chi connectivity index (χ0v) is 36.2. The van der Waals surface area contributed by atoms with Gasteiger partial charge in [0.15, 0.2) is 18.7 Å². The SMILES string of the molecule is CC(=O)O[C@@H]1[C@H](OCc2ccccc2)[C@@H](N=[N+]=[N-])[C@@H](O[C@@H]2[C@@H](N=[N+]=[N-])[C@H](O[Si](c3ccccc3)(c3ccccc3)C(C)(C)C)O[C@H](C)[C@H]2N=[N+]=[N-])O[C@@H]1COCc1ccccc1. The molecule has 324 valence electrons. The summed E-state index contributed by atoms with van der Waals surface area (Å²) in [6, 6.07) is 34.8. The van der Waals surface area contributed by atoms with Gasteiger partial charge in [-0.05, 0) is 50.1 Å². The number of benzene rings is 4. The molecule has 0 saturated carbocycles. The summed E-state index contributed by atoms with van der Waals surface area (Å²) < 4.78 is 45.9. The Bertz CT molecular complexity index is 2170. The Hall–Kier alpha value is -5.74. The minimum atomic E-state index is -3.37. The van der Waals surface area contributed by atoms with Crippen molar-refractivity contribution in [3.05, 3.63) is 164 Å². The molecule has 0 amide bonds. The second-order valence-electron chi connectivity index (χ2n) is 16.1. The molecular weight excluding hydrogens is 811 g/mol. The van der Waals surface area contributed by atoms with Crippen LogP contribution in [0.1, 0.15) is 45.7 Å². The highest BCUT2D eigenvalue weighted by Crippen LogP contribution is 2.41. The molecule has 2 aliphatic rings. The molecule has 4 aromatic carbocycles. The lowest BCUT2D eigenvalue weighted by molar-refractivity contribution is -0.307. The van der Waals surface area contributed by atoms with Gasteiger partial charge in [0.1, 0.15) is 24.3 Å². The van der Waals surface area contributed by atoms with Crippen LogP contribution in [0.3, 0.4) is 0 Å². The fourth-order valence-electron chi connectivity index (χ4n) is 8.15. The van der Waals surface area contributed by atoms with Crippen molar-refractivity contribution < 1.29 is 37.6 Å². The first-order valence-corrected chi connectivity index (χ1v) is 22.2. The number of hydrogen-bond donors (Lipinski definition) is 0. The molecule has 2 saturated heterocycles. The van der Waals surface area contributed by atoms with E-state index in [9.17, 15) is 21.4 Å². The number of rotatable bonds is 17. The van der Waals surface area contributed by atoms with E-state index in [4.69, 9.17) is 32.8 Å². The van der Waals surface area contributed by atoms with Crippen LogP contribution in [0.25, 0.3) is 31.3 Å². The minimum Gasteiger partial charge on any atom is -0.457 e. The molecule has 0 radical (unpaired) electrons. The quantitative estimate of drug-likeness (QED) is 0.0330. The normalized spacial score (nSPS) is 26.2. The van der Waals surface area contributed by atoms with Crippen LogP contribution in [0.15, 0.2) is 137 Å². The largest absolute Gasteiger partial charge is 0.457 e. The van der Waals surface area contributed by atoms with Crippen molar-refractivity contribution in [2.75, 3.05) is 6.61 Å². The maximum atomic E-state index is 12.7. The minimum absolute atomic E-state index is 0.0381. The van der Waals surface area contributed by atoms with Crippen molar-refractivity contribution in [1.29, 1.82) is 0 Å². The van der Waals surface area contributed by atoms with Gasteiger partial charge in [-0.3, -0.25) is 4.79 Å². The molecule has 10 atom stereocenters. The molecular formula is C44H51N9O8Si. The van der Waals surface area contributed by atoms with Crippen LogP contribution in [0, 0.1) is 0 Å². The van der Waals surface area contributed by atoms with Crippen LogP contribution in [-0.4, -0.2) is 82.1 Å². The van der Waals surface area contributed by atoms with E-state index in [0.29, 0.717) is 0 Å². The third-order valence-corrected chi connectivity index (χ3v) is 15.9. The van der Waals surface area contributed by atoms with Crippen molar-refractivity contribution in [1.82, 2.24) is 0 Å². The van der Waals surface area contributed by atoms with Crippen molar-refractivity contribution in [3.63, 3.8) is 0 Å². The number of esters is 1. The molecule has 0 bridgehead atoms. The van der Waals surface area contributed by atoms with Gasteiger partial charge < -0.3 is 32.8 Å². The van der Waals surface area contributed by atoms with Gasteiger partial charge in [0, 0.05) is 21.7 Å². The number of carbonyl (C=O) groups is 1. The molecule has 2 fully saturated rings. The Morgan fingerprint density at radius 3 is 1.65 bits per heavy atom. The summed E-state index contributed by atoms with van der Waals surface area (Å²) in [4.78, 5) is 22.2. The van der Waals surface area contributed by atoms with Crippen molar-refractivity contribution in [2.24, 2.45) is 15.3 Å². The molecule has 17 nitrogen and oxygen atoms in total. The van der Waals surface area contributed by atoms with Gasteiger partial charge in [-0.2, -0.15) is 0 Å². The number of carbonyl (C=O) groups excluding carboxylic acids is 1. The van der Waals surface area contributed by atoms with Crippen LogP contribution in [0.5, 0.6) is 0 Å². The van der Waals surface area contributed by atoms with E-state index in [-0.39, 0.29) is 19.8 Å². The van der Waals surface area contributed by atoms with Crippen LogP contribution in [-0.2, 0) is 50.9 Å². The Kier molecular flexibility index (Phi) is 15.8. The first kappa shape index (κ1) is 45.8. The molecule has 4 aromatic rings. The van der Waals surface area contributed by atoms with E-state index in [0.717, 1.165) is 21.5 Å². The van der Waals surface area contributed by atoms with Crippen molar-refractivity contribution in [2.45, 2.75) is 114 Å². The highest BCUT2D eigenvalue weighted by atomic mass is 28.4. The molecule has 0 aliphatic carbocycles. The van der Waals surface area contributed by atoms with E-state index < -0.39 is 80.6 Å². The average Bonchev–Trinajstić information content (AvgIpc) is 3.27. The Morgan fingerprint density at radius 1 is 0.661 bits per heavy atom. The fourth-order valence-corrected chi connectivity index (χ4v) is 12.7. The lowest BCUT2D eigenvalue weighted by Gasteiger charge is -2.51. The van der Waals surface area contributed by atoms with E-state index in [1.165, 1.54) is 6.92 Å². The summed E-state index contributed by atoms with van der Waals surface area (Å²) >= 11 is 0. The molecule has 0 aromatic heterocycles. The smallest absolute Gasteiger partial charge is 0.303 e. The third-order valence-electron chi connectivity index (χ3n) is 10.9. The predicted octanol–water partition coefficient (Wildman–Crippen LogP) is 8.19. The Balaban J connectivity index is 1.43. The van der Waals surface area contributed by atoms with Gasteiger partial charge in [-0.1, -0.05) is 157 Å². The van der Waals surface area contributed by atoms with Gasteiger partial charge in [-0.15, -0.1) is 0 Å². The fraction of sp³-hybridized carbons (Fsp3) is 0.432.